The number of para-hydroxylation sites is 1. The Labute approximate surface area is 119 Å². The van der Waals surface area contributed by atoms with Crippen LogP contribution in [0.4, 0.5) is 5.69 Å². The lowest BCUT2D eigenvalue weighted by Crippen LogP contribution is -2.15. The molecule has 0 radical (unpaired) electrons. The van der Waals surface area contributed by atoms with Gasteiger partial charge in [0, 0.05) is 20.3 Å². The van der Waals surface area contributed by atoms with Crippen molar-refractivity contribution in [2.75, 3.05) is 11.6 Å². The minimum atomic E-state index is 0.0953. The molecule has 2 aliphatic heterocycles. The topological polar surface area (TPSA) is 12.0 Å². The Kier molecular flexibility index (Phi) is 2.38. The van der Waals surface area contributed by atoms with Gasteiger partial charge in [-0.1, -0.05) is 35.9 Å². The van der Waals surface area contributed by atoms with E-state index in [2.05, 4.69) is 48.0 Å². The minimum Gasteiger partial charge on any atom is -0.354 e. The van der Waals surface area contributed by atoms with E-state index in [9.17, 15) is 0 Å². The van der Waals surface area contributed by atoms with E-state index in [4.69, 9.17) is 11.6 Å². The molecule has 0 saturated heterocycles. The van der Waals surface area contributed by atoms with Crippen molar-refractivity contribution in [1.29, 1.82) is 0 Å². The average Bonchev–Trinajstić information content (AvgIpc) is 2.71. The first-order valence-corrected chi connectivity index (χ1v) is 8.17. The standard InChI is InChI=1S/C16H12ClNS/c1-19-13-8-4-6-11(17)15(13)16-14(19)9-10-5-2-3-7-12(10)18-16/h2-9,18H,1H3. The fourth-order valence-corrected chi connectivity index (χ4v) is 4.82. The summed E-state index contributed by atoms with van der Waals surface area (Å²) in [5.41, 5.74) is 3.60. The molecule has 0 bridgehead atoms. The number of halogens is 1. The Morgan fingerprint density at radius 2 is 1.89 bits per heavy atom. The molecule has 2 aliphatic rings. The summed E-state index contributed by atoms with van der Waals surface area (Å²) in [5.74, 6) is 0. The second-order valence-electron chi connectivity index (χ2n) is 4.72. The zero-order chi connectivity index (χ0) is 13.0. The smallest absolute Gasteiger partial charge is 0.0618 e. The van der Waals surface area contributed by atoms with E-state index in [1.165, 1.54) is 25.9 Å². The molecule has 94 valence electrons. The third kappa shape index (κ3) is 1.54. The molecule has 1 N–H and O–H groups in total. The monoisotopic (exact) mass is 285 g/mol. The van der Waals surface area contributed by atoms with Gasteiger partial charge in [0.05, 0.1) is 10.7 Å². The van der Waals surface area contributed by atoms with Crippen LogP contribution in [0.5, 0.6) is 0 Å². The van der Waals surface area contributed by atoms with E-state index in [0.29, 0.717) is 0 Å². The van der Waals surface area contributed by atoms with Gasteiger partial charge in [0.25, 0.3) is 0 Å². The van der Waals surface area contributed by atoms with Crippen molar-refractivity contribution in [1.82, 2.24) is 0 Å². The lowest BCUT2D eigenvalue weighted by molar-refractivity contribution is 1.48. The maximum Gasteiger partial charge on any atom is 0.0618 e. The largest absolute Gasteiger partial charge is 0.354 e. The number of nitrogens with one attached hydrogen (secondary N) is 1. The van der Waals surface area contributed by atoms with Crippen molar-refractivity contribution in [2.45, 2.75) is 0 Å². The van der Waals surface area contributed by atoms with E-state index in [1.54, 1.807) is 0 Å². The third-order valence-corrected chi connectivity index (χ3v) is 5.94. The summed E-state index contributed by atoms with van der Waals surface area (Å²) >= 11 is 6.40. The molecule has 0 fully saturated rings. The Morgan fingerprint density at radius 1 is 1.05 bits per heavy atom. The van der Waals surface area contributed by atoms with Crippen LogP contribution < -0.4 is 10.5 Å². The highest BCUT2D eigenvalue weighted by molar-refractivity contribution is 8.13. The fraction of sp³-hybridized carbons (Fsp3) is 0.0625. The van der Waals surface area contributed by atoms with Gasteiger partial charge in [0.15, 0.2) is 0 Å². The fourth-order valence-electron chi connectivity index (χ4n) is 2.69. The van der Waals surface area contributed by atoms with Crippen LogP contribution in [-0.4, -0.2) is 6.26 Å². The van der Waals surface area contributed by atoms with Gasteiger partial charge in [-0.15, -0.1) is 10.5 Å². The minimum absolute atomic E-state index is 0.0953. The lowest BCUT2D eigenvalue weighted by Gasteiger charge is -2.19. The van der Waals surface area contributed by atoms with Crippen LogP contribution >= 0.6 is 22.1 Å². The second kappa shape index (κ2) is 3.99. The Morgan fingerprint density at radius 3 is 2.79 bits per heavy atom. The number of rotatable bonds is 0. The highest BCUT2D eigenvalue weighted by Crippen LogP contribution is 2.42. The zero-order valence-electron chi connectivity index (χ0n) is 10.4. The van der Waals surface area contributed by atoms with Crippen molar-refractivity contribution in [3.05, 3.63) is 67.7 Å². The van der Waals surface area contributed by atoms with Crippen LogP contribution in [0.3, 0.4) is 0 Å². The molecule has 1 unspecified atom stereocenters. The highest BCUT2D eigenvalue weighted by atomic mass is 35.5. The van der Waals surface area contributed by atoms with Gasteiger partial charge in [0.1, 0.15) is 0 Å². The van der Waals surface area contributed by atoms with E-state index >= 15 is 0 Å². The van der Waals surface area contributed by atoms with E-state index < -0.39 is 0 Å². The van der Waals surface area contributed by atoms with Crippen LogP contribution in [0.15, 0.2) is 47.4 Å². The molecule has 0 spiro atoms. The Hall–Kier alpha value is -1.51. The van der Waals surface area contributed by atoms with Gasteiger partial charge in [-0.3, -0.25) is 0 Å². The molecule has 0 aromatic heterocycles. The molecular formula is C16H12ClNS. The summed E-state index contributed by atoms with van der Waals surface area (Å²) < 4.78 is 1.34. The van der Waals surface area contributed by atoms with Gasteiger partial charge < -0.3 is 5.32 Å². The molecule has 2 heterocycles. The molecule has 0 aliphatic carbocycles. The molecule has 1 atom stereocenters. The van der Waals surface area contributed by atoms with Crippen LogP contribution in [0, 0.1) is 4.51 Å². The van der Waals surface area contributed by atoms with Crippen LogP contribution in [0.2, 0.25) is 5.02 Å². The van der Waals surface area contributed by atoms with Gasteiger partial charge in [-0.2, -0.15) is 0 Å². The van der Waals surface area contributed by atoms with E-state index in [-0.39, 0.29) is 10.5 Å². The van der Waals surface area contributed by atoms with Crippen molar-refractivity contribution < 1.29 is 0 Å². The van der Waals surface area contributed by atoms with E-state index in [1.807, 2.05) is 12.1 Å². The number of hydrogen-bond donors (Lipinski definition) is 1. The van der Waals surface area contributed by atoms with Crippen LogP contribution in [0.25, 0.3) is 11.8 Å². The van der Waals surface area contributed by atoms with Crippen molar-refractivity contribution in [3.8, 4) is 0 Å². The Bertz CT molecular complexity index is 865. The summed E-state index contributed by atoms with van der Waals surface area (Å²) in [4.78, 5) is 1.36. The maximum atomic E-state index is 6.40. The molecule has 1 nitrogen and oxygen atoms in total. The first kappa shape index (κ1) is 11.3. The van der Waals surface area contributed by atoms with Crippen molar-refractivity contribution in [3.63, 3.8) is 0 Å². The summed E-state index contributed by atoms with van der Waals surface area (Å²) in [6.45, 7) is 0. The molecule has 0 amide bonds. The summed E-state index contributed by atoms with van der Waals surface area (Å²) in [6, 6.07) is 14.6. The normalized spacial score (nSPS) is 19.2. The molecule has 0 saturated carbocycles. The molecule has 19 heavy (non-hydrogen) atoms. The third-order valence-electron chi connectivity index (χ3n) is 3.64. The predicted molar refractivity (Wildman–Crippen MR) is 84.9 cm³/mol. The number of benzene rings is 2. The number of fused-ring (bicyclic) bond motifs is 3. The van der Waals surface area contributed by atoms with Gasteiger partial charge in [0.2, 0.25) is 0 Å². The van der Waals surface area contributed by atoms with Gasteiger partial charge in [-0.05, 0) is 36.1 Å². The quantitative estimate of drug-likeness (QED) is 0.719. The molecule has 2 aromatic carbocycles. The zero-order valence-corrected chi connectivity index (χ0v) is 12.0. The van der Waals surface area contributed by atoms with Crippen LogP contribution in [0.1, 0.15) is 5.56 Å². The van der Waals surface area contributed by atoms with Crippen molar-refractivity contribution in [2.24, 2.45) is 0 Å². The average molecular weight is 286 g/mol. The number of hydrogen-bond acceptors (Lipinski definition) is 1. The number of anilines is 1. The van der Waals surface area contributed by atoms with Crippen molar-refractivity contribution >= 4 is 39.5 Å². The first-order valence-electron chi connectivity index (χ1n) is 6.15. The SMILES string of the molecule is CS1=c2cccc(Cl)c2=C2Nc3ccccc3C=C21. The Balaban J connectivity index is 2.14. The highest BCUT2D eigenvalue weighted by Gasteiger charge is 2.22. The summed E-state index contributed by atoms with van der Waals surface area (Å²) in [5, 5.41) is 5.57. The molecule has 4 rings (SSSR count). The van der Waals surface area contributed by atoms with Crippen LogP contribution in [-0.2, 0) is 0 Å². The van der Waals surface area contributed by atoms with E-state index in [0.717, 1.165) is 10.7 Å². The molecule has 2 aromatic rings. The molecular weight excluding hydrogens is 274 g/mol. The second-order valence-corrected chi connectivity index (χ2v) is 7.03. The predicted octanol–water partition coefficient (Wildman–Crippen LogP) is 4.08. The summed E-state index contributed by atoms with van der Waals surface area (Å²) in [7, 11) is 0.0953. The maximum absolute atomic E-state index is 6.40. The first-order chi connectivity index (χ1) is 9.25. The molecule has 3 heteroatoms. The van der Waals surface area contributed by atoms with Gasteiger partial charge in [-0.25, -0.2) is 0 Å². The summed E-state index contributed by atoms with van der Waals surface area (Å²) in [6.07, 6.45) is 4.56. The van der Waals surface area contributed by atoms with Gasteiger partial charge >= 0.3 is 0 Å². The lowest BCUT2D eigenvalue weighted by atomic mass is 10.1.